The SMILES string of the molecule is COc1cc(NC(=O)COC(=O)c2cccc(OC)c2)cc(OC)c1. The molecule has 0 bridgehead atoms. The highest BCUT2D eigenvalue weighted by molar-refractivity contribution is 5.95. The zero-order valence-corrected chi connectivity index (χ0v) is 14.2. The molecule has 7 nitrogen and oxygen atoms in total. The second-order valence-electron chi connectivity index (χ2n) is 4.96. The molecule has 2 aromatic rings. The molecule has 0 aliphatic rings. The number of anilines is 1. The molecule has 0 radical (unpaired) electrons. The first-order valence-corrected chi connectivity index (χ1v) is 7.40. The van der Waals surface area contributed by atoms with Gasteiger partial charge in [0.25, 0.3) is 5.91 Å². The summed E-state index contributed by atoms with van der Waals surface area (Å²) < 4.78 is 20.3. The molecule has 2 rings (SSSR count). The first-order chi connectivity index (χ1) is 12.0. The minimum absolute atomic E-state index is 0.301. The van der Waals surface area contributed by atoms with Gasteiger partial charge in [0.15, 0.2) is 6.61 Å². The summed E-state index contributed by atoms with van der Waals surface area (Å²) in [6.07, 6.45) is 0. The normalized spacial score (nSPS) is 9.88. The molecule has 7 heteroatoms. The molecule has 0 fully saturated rings. The Hall–Kier alpha value is -3.22. The summed E-state index contributed by atoms with van der Waals surface area (Å²) in [6, 6.07) is 11.4. The molecule has 2 aromatic carbocycles. The van der Waals surface area contributed by atoms with Crippen molar-refractivity contribution < 1.29 is 28.5 Å². The van der Waals surface area contributed by atoms with Crippen molar-refractivity contribution in [3.63, 3.8) is 0 Å². The molecule has 0 unspecified atom stereocenters. The zero-order chi connectivity index (χ0) is 18.2. The van der Waals surface area contributed by atoms with Crippen LogP contribution in [0.25, 0.3) is 0 Å². The van der Waals surface area contributed by atoms with Crippen LogP contribution >= 0.6 is 0 Å². The van der Waals surface area contributed by atoms with Crippen LogP contribution in [0.1, 0.15) is 10.4 Å². The number of ether oxygens (including phenoxy) is 4. The number of benzene rings is 2. The number of nitrogens with one attached hydrogen (secondary N) is 1. The fourth-order valence-corrected chi connectivity index (χ4v) is 2.04. The van der Waals surface area contributed by atoms with Gasteiger partial charge in [-0.05, 0) is 18.2 Å². The van der Waals surface area contributed by atoms with Crippen molar-refractivity contribution in [2.45, 2.75) is 0 Å². The Morgan fingerprint density at radius 2 is 1.52 bits per heavy atom. The third-order valence-electron chi connectivity index (χ3n) is 3.27. The Balaban J connectivity index is 1.95. The molecule has 1 N–H and O–H groups in total. The second-order valence-corrected chi connectivity index (χ2v) is 4.96. The highest BCUT2D eigenvalue weighted by atomic mass is 16.5. The summed E-state index contributed by atoms with van der Waals surface area (Å²) in [4.78, 5) is 23.9. The van der Waals surface area contributed by atoms with Crippen molar-refractivity contribution in [1.29, 1.82) is 0 Å². The molecular weight excluding hydrogens is 326 g/mol. The number of hydrogen-bond donors (Lipinski definition) is 1. The van der Waals surface area contributed by atoms with Crippen LogP contribution < -0.4 is 19.5 Å². The van der Waals surface area contributed by atoms with E-state index in [2.05, 4.69) is 5.32 Å². The Bertz CT molecular complexity index is 737. The number of hydrogen-bond acceptors (Lipinski definition) is 6. The van der Waals surface area contributed by atoms with Crippen molar-refractivity contribution in [2.24, 2.45) is 0 Å². The van der Waals surface area contributed by atoms with Gasteiger partial charge in [-0.25, -0.2) is 4.79 Å². The van der Waals surface area contributed by atoms with Crippen LogP contribution in [-0.2, 0) is 9.53 Å². The number of carbonyl (C=O) groups excluding carboxylic acids is 2. The van der Waals surface area contributed by atoms with Crippen LogP contribution in [0.2, 0.25) is 0 Å². The third-order valence-corrected chi connectivity index (χ3v) is 3.27. The molecular formula is C18H19NO6. The number of esters is 1. The molecule has 0 heterocycles. The molecule has 0 aliphatic heterocycles. The average Bonchev–Trinajstić information content (AvgIpc) is 2.65. The van der Waals surface area contributed by atoms with Gasteiger partial charge in [0.05, 0.1) is 26.9 Å². The lowest BCUT2D eigenvalue weighted by Crippen LogP contribution is -2.21. The quantitative estimate of drug-likeness (QED) is 0.777. The largest absolute Gasteiger partial charge is 0.497 e. The molecule has 25 heavy (non-hydrogen) atoms. The zero-order valence-electron chi connectivity index (χ0n) is 14.2. The van der Waals surface area contributed by atoms with Crippen LogP contribution in [0.3, 0.4) is 0 Å². The van der Waals surface area contributed by atoms with Crippen molar-refractivity contribution >= 4 is 17.6 Å². The van der Waals surface area contributed by atoms with Crippen molar-refractivity contribution in [3.8, 4) is 17.2 Å². The molecule has 0 spiro atoms. The fourth-order valence-electron chi connectivity index (χ4n) is 2.04. The van der Waals surface area contributed by atoms with E-state index in [-0.39, 0.29) is 0 Å². The van der Waals surface area contributed by atoms with Crippen molar-refractivity contribution in [2.75, 3.05) is 33.3 Å². The highest BCUT2D eigenvalue weighted by Gasteiger charge is 2.12. The number of methoxy groups -OCH3 is 3. The van der Waals surface area contributed by atoms with Gasteiger partial charge in [0, 0.05) is 23.9 Å². The topological polar surface area (TPSA) is 83.1 Å². The summed E-state index contributed by atoms with van der Waals surface area (Å²) in [6.45, 7) is -0.421. The maximum absolute atomic E-state index is 12.0. The van der Waals surface area contributed by atoms with Gasteiger partial charge in [-0.1, -0.05) is 6.07 Å². The maximum atomic E-state index is 12.0. The molecule has 132 valence electrons. The Kier molecular flexibility index (Phi) is 6.22. The summed E-state index contributed by atoms with van der Waals surface area (Å²) in [7, 11) is 4.52. The number of amides is 1. The van der Waals surface area contributed by atoms with E-state index in [0.29, 0.717) is 28.5 Å². The second kappa shape index (κ2) is 8.58. The first-order valence-electron chi connectivity index (χ1n) is 7.40. The lowest BCUT2D eigenvalue weighted by atomic mass is 10.2. The van der Waals surface area contributed by atoms with Crippen LogP contribution in [0.15, 0.2) is 42.5 Å². The van der Waals surface area contributed by atoms with Gasteiger partial charge in [0.1, 0.15) is 17.2 Å². The van der Waals surface area contributed by atoms with Gasteiger partial charge in [-0.2, -0.15) is 0 Å². The molecule has 0 aliphatic carbocycles. The first kappa shape index (κ1) is 18.1. The summed E-state index contributed by atoms with van der Waals surface area (Å²) >= 11 is 0. The van der Waals surface area contributed by atoms with E-state index in [4.69, 9.17) is 18.9 Å². The number of carbonyl (C=O) groups is 2. The summed E-state index contributed by atoms with van der Waals surface area (Å²) in [5.74, 6) is 0.497. The van der Waals surface area contributed by atoms with E-state index in [1.165, 1.54) is 27.4 Å². The van der Waals surface area contributed by atoms with Crippen LogP contribution in [-0.4, -0.2) is 39.8 Å². The van der Waals surface area contributed by atoms with Gasteiger partial charge in [-0.3, -0.25) is 4.79 Å². The predicted octanol–water partition coefficient (Wildman–Crippen LogP) is 2.51. The lowest BCUT2D eigenvalue weighted by molar-refractivity contribution is -0.119. The molecule has 0 aromatic heterocycles. The summed E-state index contributed by atoms with van der Waals surface area (Å²) in [5.41, 5.74) is 0.772. The van der Waals surface area contributed by atoms with E-state index in [1.807, 2.05) is 0 Å². The van der Waals surface area contributed by atoms with E-state index >= 15 is 0 Å². The van der Waals surface area contributed by atoms with Gasteiger partial charge in [-0.15, -0.1) is 0 Å². The maximum Gasteiger partial charge on any atom is 0.338 e. The Morgan fingerprint density at radius 1 is 0.880 bits per heavy atom. The standard InChI is InChI=1S/C18H19NO6/c1-22-14-6-4-5-12(7-14)18(21)25-11-17(20)19-13-8-15(23-2)10-16(9-13)24-3/h4-10H,11H2,1-3H3,(H,19,20). The number of rotatable bonds is 7. The predicted molar refractivity (Wildman–Crippen MR) is 91.5 cm³/mol. The van der Waals surface area contributed by atoms with E-state index in [9.17, 15) is 9.59 Å². The molecule has 0 atom stereocenters. The van der Waals surface area contributed by atoms with Crippen molar-refractivity contribution in [1.82, 2.24) is 0 Å². The van der Waals surface area contributed by atoms with E-state index < -0.39 is 18.5 Å². The minimum atomic E-state index is -0.614. The van der Waals surface area contributed by atoms with E-state index in [0.717, 1.165) is 0 Å². The fraction of sp³-hybridized carbons (Fsp3) is 0.222. The molecule has 0 saturated carbocycles. The monoisotopic (exact) mass is 345 g/mol. The summed E-state index contributed by atoms with van der Waals surface area (Å²) in [5, 5.41) is 2.62. The van der Waals surface area contributed by atoms with Crippen molar-refractivity contribution in [3.05, 3.63) is 48.0 Å². The van der Waals surface area contributed by atoms with Gasteiger partial charge < -0.3 is 24.3 Å². The van der Waals surface area contributed by atoms with Crippen LogP contribution in [0, 0.1) is 0 Å². The Morgan fingerprint density at radius 3 is 2.12 bits per heavy atom. The average molecular weight is 345 g/mol. The van der Waals surface area contributed by atoms with Crippen LogP contribution in [0.4, 0.5) is 5.69 Å². The lowest BCUT2D eigenvalue weighted by Gasteiger charge is -2.10. The van der Waals surface area contributed by atoms with Gasteiger partial charge >= 0.3 is 5.97 Å². The molecule has 0 saturated heterocycles. The van der Waals surface area contributed by atoms with E-state index in [1.54, 1.807) is 36.4 Å². The van der Waals surface area contributed by atoms with Gasteiger partial charge in [0.2, 0.25) is 0 Å². The minimum Gasteiger partial charge on any atom is -0.497 e. The molecule has 1 amide bonds. The highest BCUT2D eigenvalue weighted by Crippen LogP contribution is 2.25. The smallest absolute Gasteiger partial charge is 0.338 e. The Labute approximate surface area is 145 Å². The third kappa shape index (κ3) is 5.13. The van der Waals surface area contributed by atoms with Crippen LogP contribution in [0.5, 0.6) is 17.2 Å².